The zero-order chi connectivity index (χ0) is 13.7. The van der Waals surface area contributed by atoms with Gasteiger partial charge in [0.2, 0.25) is 0 Å². The quantitative estimate of drug-likeness (QED) is 0.776. The van der Waals surface area contributed by atoms with E-state index >= 15 is 0 Å². The summed E-state index contributed by atoms with van der Waals surface area (Å²) in [5.41, 5.74) is 1.19. The van der Waals surface area contributed by atoms with Crippen LogP contribution in [0.2, 0.25) is 0 Å². The van der Waals surface area contributed by atoms with Crippen molar-refractivity contribution in [2.45, 2.75) is 52.6 Å². The molecule has 2 rings (SSSR count). The van der Waals surface area contributed by atoms with Gasteiger partial charge in [-0.3, -0.25) is 4.90 Å². The maximum atomic E-state index is 4.71. The normalized spacial score (nSPS) is 15.2. The highest BCUT2D eigenvalue weighted by Crippen LogP contribution is 2.28. The molecule has 3 heteroatoms. The van der Waals surface area contributed by atoms with Gasteiger partial charge in [-0.1, -0.05) is 26.8 Å². The second-order valence-corrected chi connectivity index (χ2v) is 6.00. The molecule has 1 saturated carbocycles. The van der Waals surface area contributed by atoms with E-state index in [-0.39, 0.29) is 0 Å². The van der Waals surface area contributed by atoms with Gasteiger partial charge in [0.25, 0.3) is 0 Å². The molecule has 1 aliphatic rings. The van der Waals surface area contributed by atoms with Gasteiger partial charge < -0.3 is 5.32 Å². The number of anilines is 1. The fourth-order valence-electron chi connectivity index (χ4n) is 2.38. The van der Waals surface area contributed by atoms with E-state index < -0.39 is 0 Å². The molecule has 3 nitrogen and oxygen atoms in total. The van der Waals surface area contributed by atoms with Crippen LogP contribution in [-0.4, -0.2) is 29.0 Å². The average Bonchev–Trinajstić information content (AvgIpc) is 3.20. The van der Waals surface area contributed by atoms with E-state index in [0.29, 0.717) is 0 Å². The molecular weight excluding hydrogens is 234 g/mol. The zero-order valence-electron chi connectivity index (χ0n) is 12.5. The average molecular weight is 261 g/mol. The lowest BCUT2D eigenvalue weighted by molar-refractivity contribution is 0.223. The van der Waals surface area contributed by atoms with Crippen LogP contribution in [0.1, 0.15) is 45.7 Å². The molecule has 1 fully saturated rings. The number of hydrogen-bond donors (Lipinski definition) is 1. The predicted molar refractivity (Wildman–Crippen MR) is 81.3 cm³/mol. The first-order chi connectivity index (χ1) is 9.19. The number of pyridine rings is 1. The minimum absolute atomic E-state index is 0.724. The Labute approximate surface area is 117 Å². The fraction of sp³-hybridized carbons (Fsp3) is 0.688. The maximum absolute atomic E-state index is 4.71. The monoisotopic (exact) mass is 261 g/mol. The molecule has 0 bridgehead atoms. The van der Waals surface area contributed by atoms with Crippen molar-refractivity contribution >= 4 is 5.82 Å². The third-order valence-electron chi connectivity index (χ3n) is 3.39. The van der Waals surface area contributed by atoms with Crippen molar-refractivity contribution < 1.29 is 0 Å². The van der Waals surface area contributed by atoms with Crippen molar-refractivity contribution in [3.63, 3.8) is 0 Å². The van der Waals surface area contributed by atoms with E-state index in [1.807, 2.05) is 0 Å². The summed E-state index contributed by atoms with van der Waals surface area (Å²) in [5, 5.41) is 3.36. The lowest BCUT2D eigenvalue weighted by Crippen LogP contribution is -2.29. The van der Waals surface area contributed by atoms with Gasteiger partial charge in [-0.2, -0.15) is 0 Å². The Morgan fingerprint density at radius 2 is 2.16 bits per heavy atom. The Kier molecular flexibility index (Phi) is 5.20. The molecule has 106 valence electrons. The van der Waals surface area contributed by atoms with Crippen molar-refractivity contribution in [2.75, 3.05) is 18.4 Å². The molecule has 0 saturated heterocycles. The highest BCUT2D eigenvalue weighted by Gasteiger charge is 2.29. The summed E-state index contributed by atoms with van der Waals surface area (Å²) >= 11 is 0. The standard InChI is InChI=1S/C16H27N3/c1-4-10-17-16-7-5-6-14(18-16)12-19(11-13(2)3)15-8-9-15/h5-7,13,15H,4,8-12H2,1-3H3,(H,17,18). The topological polar surface area (TPSA) is 28.2 Å². The molecule has 1 N–H and O–H groups in total. The number of nitrogens with zero attached hydrogens (tertiary/aromatic N) is 2. The molecule has 0 amide bonds. The van der Waals surface area contributed by atoms with Gasteiger partial charge in [0.15, 0.2) is 0 Å². The highest BCUT2D eigenvalue weighted by atomic mass is 15.2. The molecule has 0 aromatic carbocycles. The van der Waals surface area contributed by atoms with Gasteiger partial charge in [-0.25, -0.2) is 4.98 Å². The summed E-state index contributed by atoms with van der Waals surface area (Å²) in [7, 11) is 0. The van der Waals surface area contributed by atoms with Crippen LogP contribution in [-0.2, 0) is 6.54 Å². The first kappa shape index (κ1) is 14.3. The third kappa shape index (κ3) is 4.83. The molecule has 0 radical (unpaired) electrons. The summed E-state index contributed by atoms with van der Waals surface area (Å²) in [6, 6.07) is 7.12. The fourth-order valence-corrected chi connectivity index (χ4v) is 2.38. The Hall–Kier alpha value is -1.09. The maximum Gasteiger partial charge on any atom is 0.126 e. The van der Waals surface area contributed by atoms with Gasteiger partial charge in [-0.15, -0.1) is 0 Å². The molecule has 19 heavy (non-hydrogen) atoms. The molecular formula is C16H27N3. The van der Waals surface area contributed by atoms with Crippen LogP contribution in [0.4, 0.5) is 5.82 Å². The number of nitrogens with one attached hydrogen (secondary N) is 1. The predicted octanol–water partition coefficient (Wildman–Crippen LogP) is 3.52. The van der Waals surface area contributed by atoms with Crippen molar-refractivity contribution in [3.8, 4) is 0 Å². The summed E-state index contributed by atoms with van der Waals surface area (Å²) in [6.07, 6.45) is 3.86. The first-order valence-corrected chi connectivity index (χ1v) is 7.63. The molecule has 1 aromatic rings. The molecule has 0 spiro atoms. The molecule has 0 aliphatic heterocycles. The van der Waals surface area contributed by atoms with Crippen molar-refractivity contribution in [1.29, 1.82) is 0 Å². The molecule has 0 atom stereocenters. The van der Waals surface area contributed by atoms with Gasteiger partial charge in [0, 0.05) is 25.7 Å². The van der Waals surface area contributed by atoms with Gasteiger partial charge in [-0.05, 0) is 37.3 Å². The SMILES string of the molecule is CCCNc1cccc(CN(CC(C)C)C2CC2)n1. The van der Waals surface area contributed by atoms with Crippen molar-refractivity contribution in [2.24, 2.45) is 5.92 Å². The lowest BCUT2D eigenvalue weighted by Gasteiger charge is -2.23. The summed E-state index contributed by atoms with van der Waals surface area (Å²) < 4.78 is 0. The zero-order valence-corrected chi connectivity index (χ0v) is 12.5. The third-order valence-corrected chi connectivity index (χ3v) is 3.39. The van der Waals surface area contributed by atoms with Gasteiger partial charge in [0.1, 0.15) is 5.82 Å². The minimum atomic E-state index is 0.724. The van der Waals surface area contributed by atoms with Crippen LogP contribution in [0.5, 0.6) is 0 Å². The molecule has 1 aromatic heterocycles. The second-order valence-electron chi connectivity index (χ2n) is 6.00. The molecule has 0 unspecified atom stereocenters. The minimum Gasteiger partial charge on any atom is -0.370 e. The van der Waals surface area contributed by atoms with E-state index in [1.165, 1.54) is 25.1 Å². The molecule has 1 heterocycles. The van der Waals surface area contributed by atoms with Crippen LogP contribution in [0.3, 0.4) is 0 Å². The number of rotatable bonds is 8. The second kappa shape index (κ2) is 6.90. The van der Waals surface area contributed by atoms with Crippen LogP contribution in [0, 0.1) is 5.92 Å². The van der Waals surface area contributed by atoms with Gasteiger partial charge in [0.05, 0.1) is 5.69 Å². The first-order valence-electron chi connectivity index (χ1n) is 7.63. The smallest absolute Gasteiger partial charge is 0.126 e. The van der Waals surface area contributed by atoms with Crippen molar-refractivity contribution in [3.05, 3.63) is 23.9 Å². The van der Waals surface area contributed by atoms with E-state index in [1.54, 1.807) is 0 Å². The summed E-state index contributed by atoms with van der Waals surface area (Å²) in [4.78, 5) is 7.31. The Bertz CT molecular complexity index is 385. The summed E-state index contributed by atoms with van der Waals surface area (Å²) in [6.45, 7) is 9.93. The lowest BCUT2D eigenvalue weighted by atomic mass is 10.2. The largest absolute Gasteiger partial charge is 0.370 e. The molecule has 1 aliphatic carbocycles. The highest BCUT2D eigenvalue weighted by molar-refractivity contribution is 5.35. The van der Waals surface area contributed by atoms with Gasteiger partial charge >= 0.3 is 0 Å². The van der Waals surface area contributed by atoms with Crippen LogP contribution >= 0.6 is 0 Å². The van der Waals surface area contributed by atoms with Crippen LogP contribution < -0.4 is 5.32 Å². The van der Waals surface area contributed by atoms with Crippen LogP contribution in [0.25, 0.3) is 0 Å². The summed E-state index contributed by atoms with van der Waals surface area (Å²) in [5.74, 6) is 1.74. The Balaban J connectivity index is 1.95. The van der Waals surface area contributed by atoms with E-state index in [2.05, 4.69) is 49.2 Å². The van der Waals surface area contributed by atoms with Crippen LogP contribution in [0.15, 0.2) is 18.2 Å². The Morgan fingerprint density at radius 3 is 2.79 bits per heavy atom. The van der Waals surface area contributed by atoms with Crippen molar-refractivity contribution in [1.82, 2.24) is 9.88 Å². The Morgan fingerprint density at radius 1 is 1.37 bits per heavy atom. The van der Waals surface area contributed by atoms with E-state index in [4.69, 9.17) is 4.98 Å². The van der Waals surface area contributed by atoms with E-state index in [9.17, 15) is 0 Å². The number of hydrogen-bond acceptors (Lipinski definition) is 3. The van der Waals surface area contributed by atoms with E-state index in [0.717, 1.165) is 37.3 Å². The number of aromatic nitrogens is 1.